The highest BCUT2D eigenvalue weighted by Crippen LogP contribution is 2.37. The van der Waals surface area contributed by atoms with Gasteiger partial charge in [-0.2, -0.15) is 0 Å². The minimum Gasteiger partial charge on any atom is -0.502 e. The van der Waals surface area contributed by atoms with E-state index in [1.807, 2.05) is 20.0 Å². The normalized spacial score (nSPS) is 19.7. The number of pyridine rings is 1. The van der Waals surface area contributed by atoms with E-state index in [1.165, 1.54) is 0 Å². The van der Waals surface area contributed by atoms with E-state index in [9.17, 15) is 5.11 Å². The Morgan fingerprint density at radius 2 is 2.50 bits per heavy atom. The summed E-state index contributed by atoms with van der Waals surface area (Å²) in [6.45, 7) is 4.78. The number of rotatable bonds is 2. The SMILES string of the molecule is CCOC1OCc2c[nH+]c(C)c(O)c21. The van der Waals surface area contributed by atoms with Crippen molar-refractivity contribution >= 4 is 0 Å². The van der Waals surface area contributed by atoms with Crippen LogP contribution in [0.15, 0.2) is 6.20 Å². The average molecular weight is 196 g/mol. The molecule has 0 bridgehead atoms. The Labute approximate surface area is 82.5 Å². The zero-order valence-corrected chi connectivity index (χ0v) is 8.33. The number of nitrogens with one attached hydrogen (secondary N) is 1. The highest BCUT2D eigenvalue weighted by molar-refractivity contribution is 5.40. The highest BCUT2D eigenvalue weighted by atomic mass is 16.7. The van der Waals surface area contributed by atoms with Crippen molar-refractivity contribution in [2.45, 2.75) is 26.7 Å². The van der Waals surface area contributed by atoms with Gasteiger partial charge in [0.25, 0.3) is 0 Å². The molecule has 0 fully saturated rings. The second kappa shape index (κ2) is 3.55. The van der Waals surface area contributed by atoms with E-state index in [2.05, 4.69) is 4.98 Å². The lowest BCUT2D eigenvalue weighted by molar-refractivity contribution is -0.389. The van der Waals surface area contributed by atoms with Gasteiger partial charge < -0.3 is 14.6 Å². The van der Waals surface area contributed by atoms with Crippen LogP contribution in [0, 0.1) is 6.92 Å². The molecule has 2 N–H and O–H groups in total. The Morgan fingerprint density at radius 1 is 1.71 bits per heavy atom. The summed E-state index contributed by atoms with van der Waals surface area (Å²) < 4.78 is 10.8. The second-order valence-electron chi connectivity index (χ2n) is 3.30. The average Bonchev–Trinajstić information content (AvgIpc) is 2.57. The summed E-state index contributed by atoms with van der Waals surface area (Å²) in [5.74, 6) is 0.249. The molecule has 0 spiro atoms. The molecular formula is C10H14NO3+. The number of ether oxygens (including phenoxy) is 2. The number of hydrogen-bond acceptors (Lipinski definition) is 3. The Bertz CT molecular complexity index is 349. The molecule has 0 saturated carbocycles. The second-order valence-corrected chi connectivity index (χ2v) is 3.30. The zero-order chi connectivity index (χ0) is 10.1. The third-order valence-electron chi connectivity index (χ3n) is 2.36. The molecule has 2 rings (SSSR count). The maximum Gasteiger partial charge on any atom is 0.219 e. The molecule has 1 aliphatic heterocycles. The molecule has 4 heteroatoms. The summed E-state index contributed by atoms with van der Waals surface area (Å²) in [4.78, 5) is 2.98. The van der Waals surface area contributed by atoms with Crippen LogP contribution in [-0.2, 0) is 16.1 Å². The van der Waals surface area contributed by atoms with Crippen molar-refractivity contribution in [1.29, 1.82) is 0 Å². The lowest BCUT2D eigenvalue weighted by Gasteiger charge is -2.11. The standard InChI is InChI=1S/C10H13NO3/c1-3-13-10-8-7(5-14-10)4-11-6(2)9(8)12/h4,10,12H,3,5H2,1-2H3/p+1. The highest BCUT2D eigenvalue weighted by Gasteiger charge is 2.30. The minimum absolute atomic E-state index is 0.249. The maximum atomic E-state index is 9.82. The largest absolute Gasteiger partial charge is 0.502 e. The molecule has 1 aliphatic rings. The summed E-state index contributed by atoms with van der Waals surface area (Å²) in [7, 11) is 0. The fourth-order valence-electron chi connectivity index (χ4n) is 1.61. The van der Waals surface area contributed by atoms with Gasteiger partial charge in [-0.15, -0.1) is 0 Å². The van der Waals surface area contributed by atoms with Gasteiger partial charge in [-0.3, -0.25) is 0 Å². The molecule has 1 unspecified atom stereocenters. The molecule has 0 saturated heterocycles. The number of aromatic nitrogens is 1. The van der Waals surface area contributed by atoms with Crippen molar-refractivity contribution in [3.8, 4) is 5.75 Å². The van der Waals surface area contributed by atoms with Gasteiger partial charge in [0.05, 0.1) is 17.7 Å². The molecule has 0 aromatic carbocycles. The molecule has 1 aromatic heterocycles. The van der Waals surface area contributed by atoms with Gasteiger partial charge in [0.15, 0.2) is 18.2 Å². The molecule has 0 radical (unpaired) electrons. The van der Waals surface area contributed by atoms with Gasteiger partial charge in [0, 0.05) is 13.5 Å². The number of hydrogen-bond donors (Lipinski definition) is 1. The first-order chi connectivity index (χ1) is 6.74. The van der Waals surface area contributed by atoms with E-state index < -0.39 is 6.29 Å². The van der Waals surface area contributed by atoms with E-state index in [1.54, 1.807) is 0 Å². The summed E-state index contributed by atoms with van der Waals surface area (Å²) >= 11 is 0. The number of aryl methyl sites for hydroxylation is 1. The Hall–Kier alpha value is -1.13. The van der Waals surface area contributed by atoms with Crippen molar-refractivity contribution in [3.05, 3.63) is 23.0 Å². The first kappa shape index (κ1) is 9.43. The van der Waals surface area contributed by atoms with Gasteiger partial charge in [-0.25, -0.2) is 4.98 Å². The molecule has 76 valence electrons. The van der Waals surface area contributed by atoms with Gasteiger partial charge in [-0.1, -0.05) is 0 Å². The minimum atomic E-state index is -0.414. The molecule has 1 aromatic rings. The summed E-state index contributed by atoms with van der Waals surface area (Å²) in [5, 5.41) is 9.82. The molecular weight excluding hydrogens is 182 g/mol. The van der Waals surface area contributed by atoms with Gasteiger partial charge in [0.1, 0.15) is 0 Å². The van der Waals surface area contributed by atoms with Crippen molar-refractivity contribution in [1.82, 2.24) is 0 Å². The lowest BCUT2D eigenvalue weighted by Crippen LogP contribution is -2.10. The Kier molecular flexibility index (Phi) is 2.39. The first-order valence-electron chi connectivity index (χ1n) is 4.70. The van der Waals surface area contributed by atoms with E-state index >= 15 is 0 Å². The molecule has 14 heavy (non-hydrogen) atoms. The van der Waals surface area contributed by atoms with Crippen LogP contribution in [0.1, 0.15) is 30.0 Å². The third-order valence-corrected chi connectivity index (χ3v) is 2.36. The van der Waals surface area contributed by atoms with E-state index in [-0.39, 0.29) is 5.75 Å². The predicted octanol–water partition coefficient (Wildman–Crippen LogP) is 1.08. The van der Waals surface area contributed by atoms with Crippen LogP contribution in [0.25, 0.3) is 0 Å². The van der Waals surface area contributed by atoms with Crippen molar-refractivity contribution < 1.29 is 19.6 Å². The smallest absolute Gasteiger partial charge is 0.219 e. The fraction of sp³-hybridized carbons (Fsp3) is 0.500. The number of H-pyrrole nitrogens is 1. The number of aromatic hydroxyl groups is 1. The van der Waals surface area contributed by atoms with E-state index in [4.69, 9.17) is 9.47 Å². The number of fused-ring (bicyclic) bond motifs is 1. The lowest BCUT2D eigenvalue weighted by atomic mass is 10.1. The van der Waals surface area contributed by atoms with Crippen LogP contribution < -0.4 is 4.98 Å². The molecule has 1 atom stereocenters. The third kappa shape index (κ3) is 1.36. The molecule has 0 aliphatic carbocycles. The molecule has 2 heterocycles. The Morgan fingerprint density at radius 3 is 3.21 bits per heavy atom. The van der Waals surface area contributed by atoms with Crippen LogP contribution in [0.4, 0.5) is 0 Å². The predicted molar refractivity (Wildman–Crippen MR) is 48.6 cm³/mol. The summed E-state index contributed by atoms with van der Waals surface area (Å²) in [5.41, 5.74) is 2.47. The monoisotopic (exact) mass is 196 g/mol. The van der Waals surface area contributed by atoms with Crippen LogP contribution in [-0.4, -0.2) is 11.7 Å². The topological polar surface area (TPSA) is 52.8 Å². The van der Waals surface area contributed by atoms with Crippen LogP contribution in [0.2, 0.25) is 0 Å². The van der Waals surface area contributed by atoms with Crippen molar-refractivity contribution in [3.63, 3.8) is 0 Å². The van der Waals surface area contributed by atoms with E-state index in [0.717, 1.165) is 16.8 Å². The van der Waals surface area contributed by atoms with Crippen LogP contribution in [0.5, 0.6) is 5.75 Å². The molecule has 0 amide bonds. The maximum absolute atomic E-state index is 9.82. The van der Waals surface area contributed by atoms with Crippen LogP contribution >= 0.6 is 0 Å². The summed E-state index contributed by atoms with van der Waals surface area (Å²) in [6.07, 6.45) is 1.44. The number of aromatic amines is 1. The summed E-state index contributed by atoms with van der Waals surface area (Å²) in [6, 6.07) is 0. The van der Waals surface area contributed by atoms with Gasteiger partial charge in [-0.05, 0) is 6.92 Å². The first-order valence-corrected chi connectivity index (χ1v) is 4.70. The van der Waals surface area contributed by atoms with Crippen molar-refractivity contribution in [2.75, 3.05) is 6.61 Å². The van der Waals surface area contributed by atoms with E-state index in [0.29, 0.717) is 13.2 Å². The Balaban J connectivity index is 2.41. The molecule has 4 nitrogen and oxygen atoms in total. The zero-order valence-electron chi connectivity index (χ0n) is 8.33. The quantitative estimate of drug-likeness (QED) is 0.770. The van der Waals surface area contributed by atoms with Crippen molar-refractivity contribution in [2.24, 2.45) is 0 Å². The van der Waals surface area contributed by atoms with Gasteiger partial charge >= 0.3 is 0 Å². The van der Waals surface area contributed by atoms with Crippen LogP contribution in [0.3, 0.4) is 0 Å². The van der Waals surface area contributed by atoms with Gasteiger partial charge in [0.2, 0.25) is 5.69 Å². The fourth-order valence-corrected chi connectivity index (χ4v) is 1.61.